The zero-order valence-electron chi connectivity index (χ0n) is 9.76. The maximum Gasteiger partial charge on any atom is 0.228 e. The second-order valence-corrected chi connectivity index (χ2v) is 7.11. The number of halogens is 1. The highest BCUT2D eigenvalue weighted by molar-refractivity contribution is 9.10. The van der Waals surface area contributed by atoms with Crippen LogP contribution in [0.2, 0.25) is 0 Å². The molecule has 1 heterocycles. The van der Waals surface area contributed by atoms with Crippen molar-refractivity contribution in [3.8, 4) is 0 Å². The van der Waals surface area contributed by atoms with E-state index in [1.807, 2.05) is 19.1 Å². The first kappa shape index (κ1) is 13.5. The van der Waals surface area contributed by atoms with Crippen molar-refractivity contribution >= 4 is 37.5 Å². The summed E-state index contributed by atoms with van der Waals surface area (Å²) in [6.45, 7) is 2.00. The van der Waals surface area contributed by atoms with Crippen molar-refractivity contribution in [2.75, 3.05) is 11.4 Å². The van der Waals surface area contributed by atoms with Gasteiger partial charge in [0.15, 0.2) is 0 Å². The van der Waals surface area contributed by atoms with Gasteiger partial charge in [0, 0.05) is 23.1 Å². The molecule has 7 heteroatoms. The van der Waals surface area contributed by atoms with E-state index in [0.29, 0.717) is 0 Å². The first-order valence-electron chi connectivity index (χ1n) is 5.37. The Morgan fingerprint density at radius 1 is 1.44 bits per heavy atom. The summed E-state index contributed by atoms with van der Waals surface area (Å²) in [6, 6.07) is 5.50. The Bertz CT molecular complexity index is 600. The number of rotatable bonds is 2. The molecule has 1 saturated heterocycles. The highest BCUT2D eigenvalue weighted by atomic mass is 79.9. The number of aryl methyl sites for hydroxylation is 1. The van der Waals surface area contributed by atoms with E-state index in [0.717, 1.165) is 15.7 Å². The van der Waals surface area contributed by atoms with E-state index in [1.54, 1.807) is 6.07 Å². The molecule has 2 rings (SSSR count). The van der Waals surface area contributed by atoms with Gasteiger partial charge in [-0.15, -0.1) is 0 Å². The van der Waals surface area contributed by atoms with Crippen molar-refractivity contribution in [1.82, 2.24) is 0 Å². The fourth-order valence-corrected chi connectivity index (χ4v) is 3.26. The molecule has 0 aromatic heterocycles. The lowest BCUT2D eigenvalue weighted by Gasteiger charge is -2.19. The summed E-state index contributed by atoms with van der Waals surface area (Å²) in [7, 11) is -3.67. The van der Waals surface area contributed by atoms with Crippen molar-refractivity contribution < 1.29 is 13.2 Å². The van der Waals surface area contributed by atoms with Gasteiger partial charge in [-0.3, -0.25) is 4.79 Å². The van der Waals surface area contributed by atoms with Crippen LogP contribution in [0.25, 0.3) is 0 Å². The van der Waals surface area contributed by atoms with Gasteiger partial charge in [0.2, 0.25) is 15.9 Å². The Hall–Kier alpha value is -0.920. The van der Waals surface area contributed by atoms with E-state index >= 15 is 0 Å². The van der Waals surface area contributed by atoms with Crippen LogP contribution in [-0.2, 0) is 14.8 Å². The van der Waals surface area contributed by atoms with Gasteiger partial charge in [0.1, 0.15) is 5.25 Å². The smallest absolute Gasteiger partial charge is 0.228 e. The minimum absolute atomic E-state index is 0.0473. The van der Waals surface area contributed by atoms with E-state index in [4.69, 9.17) is 5.14 Å². The first-order chi connectivity index (χ1) is 8.29. The number of benzene rings is 1. The summed E-state index contributed by atoms with van der Waals surface area (Å²) >= 11 is 3.34. The zero-order chi connectivity index (χ0) is 13.5. The normalized spacial score (nSPS) is 20.5. The molecule has 1 unspecified atom stereocenters. The molecule has 1 fully saturated rings. The van der Waals surface area contributed by atoms with Crippen LogP contribution in [0, 0.1) is 6.92 Å². The highest BCUT2D eigenvalue weighted by Gasteiger charge is 2.37. The second kappa shape index (κ2) is 4.64. The number of sulfonamides is 1. The Kier molecular flexibility index (Phi) is 3.48. The molecule has 5 nitrogen and oxygen atoms in total. The van der Waals surface area contributed by atoms with E-state index < -0.39 is 15.3 Å². The van der Waals surface area contributed by atoms with Gasteiger partial charge >= 0.3 is 0 Å². The van der Waals surface area contributed by atoms with Crippen LogP contribution in [0.1, 0.15) is 12.0 Å². The molecule has 0 bridgehead atoms. The number of nitrogens with zero attached hydrogens (tertiary/aromatic N) is 1. The molecule has 0 saturated carbocycles. The van der Waals surface area contributed by atoms with Crippen LogP contribution in [-0.4, -0.2) is 26.1 Å². The minimum atomic E-state index is -3.67. The van der Waals surface area contributed by atoms with E-state index in [-0.39, 0.29) is 18.9 Å². The monoisotopic (exact) mass is 332 g/mol. The molecule has 1 amide bonds. The average molecular weight is 333 g/mol. The molecule has 0 aliphatic carbocycles. The van der Waals surface area contributed by atoms with Gasteiger partial charge in [-0.05, 0) is 30.7 Å². The Balaban J connectivity index is 2.33. The molecule has 0 spiro atoms. The third-order valence-corrected chi connectivity index (χ3v) is 4.74. The third-order valence-electron chi connectivity index (χ3n) is 3.00. The summed E-state index contributed by atoms with van der Waals surface area (Å²) < 4.78 is 23.5. The van der Waals surface area contributed by atoms with Crippen molar-refractivity contribution in [2.45, 2.75) is 18.6 Å². The molecule has 98 valence electrons. The van der Waals surface area contributed by atoms with Crippen LogP contribution in [0.5, 0.6) is 0 Å². The van der Waals surface area contributed by atoms with Gasteiger partial charge in [-0.2, -0.15) is 0 Å². The lowest BCUT2D eigenvalue weighted by atomic mass is 10.2. The summed E-state index contributed by atoms with van der Waals surface area (Å²) in [4.78, 5) is 13.3. The standard InChI is InChI=1S/C11H13BrN2O3S/c1-7-4-8(12)2-3-10(7)14-6-9(5-11(14)15)18(13,16)17/h2-4,9H,5-6H2,1H3,(H2,13,16,17). The van der Waals surface area contributed by atoms with Gasteiger partial charge in [0.25, 0.3) is 0 Å². The van der Waals surface area contributed by atoms with Crippen molar-refractivity contribution in [3.05, 3.63) is 28.2 Å². The van der Waals surface area contributed by atoms with Crippen LogP contribution in [0.15, 0.2) is 22.7 Å². The van der Waals surface area contributed by atoms with E-state index in [2.05, 4.69) is 15.9 Å². The number of amides is 1. The SMILES string of the molecule is Cc1cc(Br)ccc1N1CC(S(N)(=O)=O)CC1=O. The van der Waals surface area contributed by atoms with Gasteiger partial charge < -0.3 is 4.90 Å². The number of hydrogen-bond acceptors (Lipinski definition) is 3. The summed E-state index contributed by atoms with van der Waals surface area (Å²) in [5.74, 6) is -0.209. The van der Waals surface area contributed by atoms with Crippen molar-refractivity contribution in [1.29, 1.82) is 0 Å². The van der Waals surface area contributed by atoms with Gasteiger partial charge in [0.05, 0.1) is 0 Å². The topological polar surface area (TPSA) is 80.5 Å². The maximum absolute atomic E-state index is 11.9. The summed E-state index contributed by atoms with van der Waals surface area (Å²) in [5, 5.41) is 4.28. The number of anilines is 1. The van der Waals surface area contributed by atoms with Gasteiger partial charge in [-0.25, -0.2) is 13.6 Å². The van der Waals surface area contributed by atoms with Crippen LogP contribution < -0.4 is 10.0 Å². The fourth-order valence-electron chi connectivity index (χ4n) is 2.05. The molecule has 2 N–H and O–H groups in total. The predicted octanol–water partition coefficient (Wildman–Crippen LogP) is 1.15. The highest BCUT2D eigenvalue weighted by Crippen LogP contribution is 2.29. The van der Waals surface area contributed by atoms with Gasteiger partial charge in [-0.1, -0.05) is 15.9 Å². The quantitative estimate of drug-likeness (QED) is 0.882. The van der Waals surface area contributed by atoms with Crippen LogP contribution in [0.3, 0.4) is 0 Å². The lowest BCUT2D eigenvalue weighted by molar-refractivity contribution is -0.117. The van der Waals surface area contributed by atoms with E-state index in [9.17, 15) is 13.2 Å². The predicted molar refractivity (Wildman–Crippen MR) is 72.7 cm³/mol. The molecule has 1 atom stereocenters. The molecule has 1 aromatic carbocycles. The fraction of sp³-hybridized carbons (Fsp3) is 0.364. The van der Waals surface area contributed by atoms with Crippen molar-refractivity contribution in [3.63, 3.8) is 0 Å². The number of hydrogen-bond donors (Lipinski definition) is 1. The van der Waals surface area contributed by atoms with E-state index in [1.165, 1.54) is 4.90 Å². The summed E-state index contributed by atoms with van der Waals surface area (Å²) in [5.41, 5.74) is 1.64. The molecular formula is C11H13BrN2O3S. The third kappa shape index (κ3) is 2.57. The first-order valence-corrected chi connectivity index (χ1v) is 7.77. The zero-order valence-corrected chi connectivity index (χ0v) is 12.2. The summed E-state index contributed by atoms with van der Waals surface area (Å²) in [6.07, 6.45) is -0.0473. The number of nitrogens with two attached hydrogens (primary N) is 1. The van der Waals surface area contributed by atoms with Crippen LogP contribution in [0.4, 0.5) is 5.69 Å². The number of carbonyl (C=O) groups excluding carboxylic acids is 1. The Morgan fingerprint density at radius 2 is 2.11 bits per heavy atom. The number of carbonyl (C=O) groups is 1. The average Bonchev–Trinajstić information content (AvgIpc) is 2.60. The van der Waals surface area contributed by atoms with Crippen LogP contribution >= 0.6 is 15.9 Å². The largest absolute Gasteiger partial charge is 0.311 e. The Morgan fingerprint density at radius 3 is 2.61 bits per heavy atom. The Labute approximate surface area is 114 Å². The maximum atomic E-state index is 11.9. The molecular weight excluding hydrogens is 320 g/mol. The molecule has 1 aromatic rings. The second-order valence-electron chi connectivity index (χ2n) is 4.35. The molecule has 1 aliphatic rings. The molecule has 18 heavy (non-hydrogen) atoms. The molecule has 0 radical (unpaired) electrons. The number of primary sulfonamides is 1. The minimum Gasteiger partial charge on any atom is -0.311 e. The lowest BCUT2D eigenvalue weighted by Crippen LogP contribution is -2.32. The molecule has 1 aliphatic heterocycles. The van der Waals surface area contributed by atoms with Crippen molar-refractivity contribution in [2.24, 2.45) is 5.14 Å².